The minimum absolute atomic E-state index is 0.734. The molecule has 116 valence electrons. The summed E-state index contributed by atoms with van der Waals surface area (Å²) in [6.07, 6.45) is 0. The van der Waals surface area contributed by atoms with Gasteiger partial charge in [0.25, 0.3) is 0 Å². The minimum atomic E-state index is 0.734. The standard InChI is InChI=1S/C14H20BrN3OS2/c1-10-13(7-16-4-5-19-3)21-14(17-10)18(2)8-12-6-11(15)9-20-12/h6,9,16H,4-5,7-8H2,1-3H3. The second-order valence-corrected chi connectivity index (χ2v) is 7.74. The highest BCUT2D eigenvalue weighted by molar-refractivity contribution is 9.10. The van der Waals surface area contributed by atoms with Crippen molar-refractivity contribution >= 4 is 43.7 Å². The van der Waals surface area contributed by atoms with Gasteiger partial charge in [-0.3, -0.25) is 0 Å². The third-order valence-corrected chi connectivity index (χ3v) is 5.95. The van der Waals surface area contributed by atoms with Gasteiger partial charge in [-0.1, -0.05) is 0 Å². The Labute approximate surface area is 142 Å². The van der Waals surface area contributed by atoms with Gasteiger partial charge in [-0.05, 0) is 28.9 Å². The summed E-state index contributed by atoms with van der Waals surface area (Å²) in [6.45, 7) is 5.41. The van der Waals surface area contributed by atoms with E-state index in [9.17, 15) is 0 Å². The molecule has 0 bridgehead atoms. The number of hydrogen-bond acceptors (Lipinski definition) is 6. The maximum atomic E-state index is 5.04. The number of nitrogens with zero attached hydrogens (tertiary/aromatic N) is 2. The Morgan fingerprint density at radius 1 is 1.48 bits per heavy atom. The Morgan fingerprint density at radius 3 is 2.95 bits per heavy atom. The minimum Gasteiger partial charge on any atom is -0.383 e. The maximum absolute atomic E-state index is 5.04. The van der Waals surface area contributed by atoms with Crippen LogP contribution in [0.1, 0.15) is 15.4 Å². The van der Waals surface area contributed by atoms with Gasteiger partial charge in [0.05, 0.1) is 18.8 Å². The highest BCUT2D eigenvalue weighted by Gasteiger charge is 2.12. The molecule has 0 saturated heterocycles. The van der Waals surface area contributed by atoms with Gasteiger partial charge >= 0.3 is 0 Å². The van der Waals surface area contributed by atoms with E-state index < -0.39 is 0 Å². The molecule has 0 unspecified atom stereocenters. The van der Waals surface area contributed by atoms with Gasteiger partial charge in [-0.2, -0.15) is 0 Å². The van der Waals surface area contributed by atoms with Crippen LogP contribution in [-0.2, 0) is 17.8 Å². The molecule has 4 nitrogen and oxygen atoms in total. The Hall–Kier alpha value is -0.470. The molecule has 0 aliphatic rings. The lowest BCUT2D eigenvalue weighted by Crippen LogP contribution is -2.18. The highest BCUT2D eigenvalue weighted by atomic mass is 79.9. The van der Waals surface area contributed by atoms with Crippen molar-refractivity contribution in [1.82, 2.24) is 10.3 Å². The number of ether oxygens (including phenoxy) is 1. The molecule has 21 heavy (non-hydrogen) atoms. The van der Waals surface area contributed by atoms with Crippen LogP contribution in [0.2, 0.25) is 0 Å². The number of aromatic nitrogens is 1. The zero-order valence-corrected chi connectivity index (χ0v) is 15.7. The first-order valence-corrected chi connectivity index (χ1v) is 9.19. The Balaban J connectivity index is 1.93. The van der Waals surface area contributed by atoms with Gasteiger partial charge in [0, 0.05) is 46.9 Å². The molecular weight excluding hydrogens is 370 g/mol. The summed E-state index contributed by atoms with van der Waals surface area (Å²) in [6, 6.07) is 2.16. The fraction of sp³-hybridized carbons (Fsp3) is 0.500. The van der Waals surface area contributed by atoms with E-state index in [0.29, 0.717) is 0 Å². The number of rotatable bonds is 8. The summed E-state index contributed by atoms with van der Waals surface area (Å²) in [5, 5.41) is 6.55. The van der Waals surface area contributed by atoms with Crippen LogP contribution in [0.15, 0.2) is 15.9 Å². The van der Waals surface area contributed by atoms with E-state index in [0.717, 1.165) is 41.5 Å². The van der Waals surface area contributed by atoms with Gasteiger partial charge in [0.15, 0.2) is 5.13 Å². The van der Waals surface area contributed by atoms with Crippen molar-refractivity contribution in [2.75, 3.05) is 32.2 Å². The molecule has 2 heterocycles. The number of methoxy groups -OCH3 is 1. The molecule has 0 aliphatic heterocycles. The largest absolute Gasteiger partial charge is 0.383 e. The summed E-state index contributed by atoms with van der Waals surface area (Å²) in [5.41, 5.74) is 1.11. The number of halogens is 1. The molecule has 2 aromatic rings. The first-order valence-electron chi connectivity index (χ1n) is 6.70. The molecular formula is C14H20BrN3OS2. The van der Waals surface area contributed by atoms with Gasteiger partial charge in [0.2, 0.25) is 0 Å². The number of thiazole rings is 1. The normalized spacial score (nSPS) is 11.0. The van der Waals surface area contributed by atoms with Crippen LogP contribution < -0.4 is 10.2 Å². The Kier molecular flexibility index (Phi) is 6.63. The van der Waals surface area contributed by atoms with Gasteiger partial charge in [-0.25, -0.2) is 4.98 Å². The first-order chi connectivity index (χ1) is 10.1. The first kappa shape index (κ1) is 16.9. The van der Waals surface area contributed by atoms with Crippen molar-refractivity contribution in [2.45, 2.75) is 20.0 Å². The second kappa shape index (κ2) is 8.24. The summed E-state index contributed by atoms with van der Waals surface area (Å²) in [7, 11) is 3.81. The Morgan fingerprint density at radius 2 is 2.29 bits per heavy atom. The SMILES string of the molecule is COCCNCc1sc(N(C)Cc2cc(Br)cs2)nc1C. The van der Waals surface area contributed by atoms with E-state index in [1.54, 1.807) is 29.8 Å². The van der Waals surface area contributed by atoms with Gasteiger partial charge in [0.1, 0.15) is 0 Å². The predicted octanol–water partition coefficient (Wildman–Crippen LogP) is 3.65. The monoisotopic (exact) mass is 389 g/mol. The average Bonchev–Trinajstić information content (AvgIpc) is 3.01. The molecule has 0 aliphatic carbocycles. The van der Waals surface area contributed by atoms with Crippen molar-refractivity contribution in [1.29, 1.82) is 0 Å². The zero-order chi connectivity index (χ0) is 15.2. The number of nitrogens with one attached hydrogen (secondary N) is 1. The average molecular weight is 390 g/mol. The summed E-state index contributed by atoms with van der Waals surface area (Å²) < 4.78 is 6.18. The van der Waals surface area contributed by atoms with Gasteiger partial charge < -0.3 is 15.0 Å². The zero-order valence-electron chi connectivity index (χ0n) is 12.5. The molecule has 0 amide bonds. The highest BCUT2D eigenvalue weighted by Crippen LogP contribution is 2.28. The van der Waals surface area contributed by atoms with Crippen LogP contribution in [0.4, 0.5) is 5.13 Å². The van der Waals surface area contributed by atoms with E-state index in [4.69, 9.17) is 4.74 Å². The molecule has 0 atom stereocenters. The second-order valence-electron chi connectivity index (χ2n) is 4.76. The molecule has 0 spiro atoms. The topological polar surface area (TPSA) is 37.4 Å². The van der Waals surface area contributed by atoms with Crippen molar-refractivity contribution in [3.63, 3.8) is 0 Å². The third-order valence-electron chi connectivity index (χ3n) is 2.99. The number of aryl methyl sites for hydroxylation is 1. The number of hydrogen-bond donors (Lipinski definition) is 1. The molecule has 0 fully saturated rings. The number of thiophene rings is 1. The van der Waals surface area contributed by atoms with Crippen molar-refractivity contribution < 1.29 is 4.74 Å². The van der Waals surface area contributed by atoms with Crippen molar-refractivity contribution in [3.8, 4) is 0 Å². The van der Waals surface area contributed by atoms with E-state index in [2.05, 4.69) is 56.5 Å². The quantitative estimate of drug-likeness (QED) is 0.699. The fourth-order valence-corrected chi connectivity index (χ4v) is 4.35. The lowest BCUT2D eigenvalue weighted by molar-refractivity contribution is 0.199. The van der Waals surface area contributed by atoms with E-state index in [1.807, 2.05) is 0 Å². The van der Waals surface area contributed by atoms with E-state index in [1.165, 1.54) is 9.75 Å². The maximum Gasteiger partial charge on any atom is 0.185 e. The van der Waals surface area contributed by atoms with Crippen LogP contribution >= 0.6 is 38.6 Å². The Bertz CT molecular complexity index is 570. The fourth-order valence-electron chi connectivity index (χ4n) is 1.85. The lowest BCUT2D eigenvalue weighted by atomic mass is 10.4. The molecule has 0 radical (unpaired) electrons. The lowest BCUT2D eigenvalue weighted by Gasteiger charge is -2.14. The van der Waals surface area contributed by atoms with Crippen molar-refractivity contribution in [3.05, 3.63) is 31.4 Å². The molecule has 2 aromatic heterocycles. The molecule has 7 heteroatoms. The van der Waals surface area contributed by atoms with Crippen molar-refractivity contribution in [2.24, 2.45) is 0 Å². The molecule has 0 aromatic carbocycles. The summed E-state index contributed by atoms with van der Waals surface area (Å²) >= 11 is 7.02. The third kappa shape index (κ3) is 5.03. The van der Waals surface area contributed by atoms with E-state index >= 15 is 0 Å². The van der Waals surface area contributed by atoms with E-state index in [-0.39, 0.29) is 0 Å². The smallest absolute Gasteiger partial charge is 0.185 e. The predicted molar refractivity (Wildman–Crippen MR) is 94.6 cm³/mol. The molecule has 2 rings (SSSR count). The summed E-state index contributed by atoms with van der Waals surface area (Å²) in [4.78, 5) is 9.50. The number of anilines is 1. The molecule has 0 saturated carbocycles. The molecule has 1 N–H and O–H groups in total. The van der Waals surface area contributed by atoms with Crippen LogP contribution in [0, 0.1) is 6.92 Å². The van der Waals surface area contributed by atoms with Crippen LogP contribution in [-0.4, -0.2) is 32.3 Å². The van der Waals surface area contributed by atoms with Crippen LogP contribution in [0.3, 0.4) is 0 Å². The van der Waals surface area contributed by atoms with Crippen LogP contribution in [0.5, 0.6) is 0 Å². The van der Waals surface area contributed by atoms with Gasteiger partial charge in [-0.15, -0.1) is 22.7 Å². The summed E-state index contributed by atoms with van der Waals surface area (Å²) in [5.74, 6) is 0. The van der Waals surface area contributed by atoms with Crippen LogP contribution in [0.25, 0.3) is 0 Å².